The molecule has 0 radical (unpaired) electrons. The van der Waals surface area contributed by atoms with E-state index in [-0.39, 0.29) is 5.76 Å². The molecule has 0 fully saturated rings. The highest BCUT2D eigenvalue weighted by Gasteiger charge is 2.25. The molecule has 7 nitrogen and oxygen atoms in total. The Morgan fingerprint density at radius 3 is 2.72 bits per heavy atom. The molecule has 0 amide bonds. The van der Waals surface area contributed by atoms with E-state index in [2.05, 4.69) is 6.58 Å². The van der Waals surface area contributed by atoms with Crippen LogP contribution in [0.25, 0.3) is 0 Å². The number of aliphatic hydroxyl groups excluding tert-OH is 2. The summed E-state index contributed by atoms with van der Waals surface area (Å²) in [5, 5.41) is 17.5. The van der Waals surface area contributed by atoms with Crippen molar-refractivity contribution in [1.82, 2.24) is 9.55 Å². The summed E-state index contributed by atoms with van der Waals surface area (Å²) in [5.41, 5.74) is -1.54. The zero-order valence-electron chi connectivity index (χ0n) is 9.38. The van der Waals surface area contributed by atoms with Crippen LogP contribution in [0.5, 0.6) is 0 Å². The Balaban J connectivity index is 3.13. The molecular weight excluding hydrogens is 247 g/mol. The van der Waals surface area contributed by atoms with Crippen LogP contribution in [0.2, 0.25) is 0 Å². The van der Waals surface area contributed by atoms with Crippen molar-refractivity contribution in [2.45, 2.75) is 12.4 Å². The zero-order valence-corrected chi connectivity index (χ0v) is 9.38. The second kappa shape index (κ2) is 6.12. The van der Waals surface area contributed by atoms with Crippen molar-refractivity contribution < 1.29 is 19.3 Å². The fourth-order valence-corrected chi connectivity index (χ4v) is 1.23. The molecule has 0 bridgehead atoms. The predicted octanol–water partition coefficient (Wildman–Crippen LogP) is -1.11. The van der Waals surface area contributed by atoms with Gasteiger partial charge in [-0.2, -0.15) is 0 Å². The van der Waals surface area contributed by atoms with Crippen molar-refractivity contribution in [1.29, 1.82) is 0 Å². The van der Waals surface area contributed by atoms with Gasteiger partial charge in [-0.1, -0.05) is 6.58 Å². The lowest BCUT2D eigenvalue weighted by Gasteiger charge is -2.23. The number of nitrogens with zero attached hydrogens (tertiary/aromatic N) is 1. The number of alkyl halides is 1. The van der Waals surface area contributed by atoms with Crippen molar-refractivity contribution in [3.63, 3.8) is 0 Å². The Kier molecular flexibility index (Phi) is 4.81. The normalized spacial score (nSPS) is 13.9. The first kappa shape index (κ1) is 14.1. The Bertz CT molecular complexity index is 523. The molecule has 0 spiro atoms. The number of hydrogen-bond donors (Lipinski definition) is 3. The van der Waals surface area contributed by atoms with E-state index < -0.39 is 36.9 Å². The highest BCUT2D eigenvalue weighted by Crippen LogP contribution is 2.17. The maximum Gasteiger partial charge on any atom is 0.331 e. The lowest BCUT2D eigenvalue weighted by molar-refractivity contribution is -0.0426. The van der Waals surface area contributed by atoms with Crippen molar-refractivity contribution in [2.75, 3.05) is 13.2 Å². The molecule has 1 rings (SSSR count). The van der Waals surface area contributed by atoms with Crippen LogP contribution in [0.3, 0.4) is 0 Å². The van der Waals surface area contributed by atoms with E-state index in [1.54, 1.807) is 0 Å². The first-order valence-electron chi connectivity index (χ1n) is 5.01. The minimum atomic E-state index is -1.92. The zero-order chi connectivity index (χ0) is 13.7. The second-order valence-electron chi connectivity index (χ2n) is 3.42. The van der Waals surface area contributed by atoms with E-state index in [0.717, 1.165) is 16.8 Å². The van der Waals surface area contributed by atoms with Crippen molar-refractivity contribution in [3.05, 3.63) is 45.4 Å². The molecule has 3 N–H and O–H groups in total. The summed E-state index contributed by atoms with van der Waals surface area (Å²) in [4.78, 5) is 24.3. The van der Waals surface area contributed by atoms with Crippen LogP contribution in [0.4, 0.5) is 4.39 Å². The monoisotopic (exact) mass is 260 g/mol. The molecule has 8 heteroatoms. The van der Waals surface area contributed by atoms with Gasteiger partial charge in [-0.05, 0) is 0 Å². The average molecular weight is 260 g/mol. The average Bonchev–Trinajstić information content (AvgIpc) is 2.35. The van der Waals surface area contributed by atoms with Crippen LogP contribution in [0.1, 0.15) is 6.23 Å². The molecule has 2 atom stereocenters. The molecule has 1 aromatic heterocycles. The van der Waals surface area contributed by atoms with Gasteiger partial charge in [0.2, 0.25) is 6.23 Å². The molecule has 1 heterocycles. The lowest BCUT2D eigenvalue weighted by atomic mass is 10.3. The number of aromatic amines is 1. The van der Waals surface area contributed by atoms with Gasteiger partial charge < -0.3 is 14.9 Å². The minimum Gasteiger partial charge on any atom is -0.469 e. The Morgan fingerprint density at radius 2 is 2.22 bits per heavy atom. The number of aromatic nitrogens is 2. The van der Waals surface area contributed by atoms with Gasteiger partial charge in [0, 0.05) is 12.3 Å². The van der Waals surface area contributed by atoms with Crippen LogP contribution in [-0.4, -0.2) is 39.1 Å². The SMILES string of the molecule is C=C(CO)O[C@H](C(F)CO)n1ccc(=O)[nH]c1=O. The van der Waals surface area contributed by atoms with Crippen LogP contribution >= 0.6 is 0 Å². The molecule has 0 aliphatic carbocycles. The van der Waals surface area contributed by atoms with E-state index in [1.807, 2.05) is 4.98 Å². The van der Waals surface area contributed by atoms with Crippen LogP contribution < -0.4 is 11.2 Å². The highest BCUT2D eigenvalue weighted by molar-refractivity contribution is 4.89. The summed E-state index contributed by atoms with van der Waals surface area (Å²) < 4.78 is 19.2. The van der Waals surface area contributed by atoms with E-state index in [9.17, 15) is 14.0 Å². The second-order valence-corrected chi connectivity index (χ2v) is 3.42. The third-order valence-corrected chi connectivity index (χ3v) is 2.07. The molecule has 18 heavy (non-hydrogen) atoms. The molecule has 0 aliphatic rings. The number of nitrogens with one attached hydrogen (secondary N) is 1. The summed E-state index contributed by atoms with van der Waals surface area (Å²) in [6.45, 7) is 1.84. The molecule has 1 aromatic rings. The van der Waals surface area contributed by atoms with Crippen LogP contribution in [0.15, 0.2) is 34.2 Å². The third-order valence-electron chi connectivity index (χ3n) is 2.07. The smallest absolute Gasteiger partial charge is 0.331 e. The Labute approximate surface area is 101 Å². The van der Waals surface area contributed by atoms with Gasteiger partial charge in [0.25, 0.3) is 5.56 Å². The lowest BCUT2D eigenvalue weighted by Crippen LogP contribution is -2.37. The quantitative estimate of drug-likeness (QED) is 0.562. The summed E-state index contributed by atoms with van der Waals surface area (Å²) in [6.07, 6.45) is -2.41. The van der Waals surface area contributed by atoms with Gasteiger partial charge >= 0.3 is 5.69 Å². The van der Waals surface area contributed by atoms with Gasteiger partial charge in [-0.3, -0.25) is 14.3 Å². The first-order chi connectivity index (χ1) is 8.49. The van der Waals surface area contributed by atoms with Crippen LogP contribution in [0, 0.1) is 0 Å². The fourth-order valence-electron chi connectivity index (χ4n) is 1.23. The molecule has 0 saturated heterocycles. The van der Waals surface area contributed by atoms with E-state index in [4.69, 9.17) is 14.9 Å². The van der Waals surface area contributed by atoms with E-state index >= 15 is 0 Å². The van der Waals surface area contributed by atoms with E-state index in [0.29, 0.717) is 0 Å². The van der Waals surface area contributed by atoms with Crippen molar-refractivity contribution in [2.24, 2.45) is 0 Å². The molecule has 100 valence electrons. The van der Waals surface area contributed by atoms with Gasteiger partial charge in [0.1, 0.15) is 5.76 Å². The number of halogens is 1. The number of hydrogen-bond acceptors (Lipinski definition) is 5. The summed E-state index contributed by atoms with van der Waals surface area (Å²) in [7, 11) is 0. The molecule has 1 unspecified atom stereocenters. The fraction of sp³-hybridized carbons (Fsp3) is 0.400. The number of rotatable bonds is 6. The van der Waals surface area contributed by atoms with Crippen molar-refractivity contribution in [3.8, 4) is 0 Å². The molecular formula is C10H13FN2O5. The van der Waals surface area contributed by atoms with E-state index in [1.165, 1.54) is 0 Å². The first-order valence-corrected chi connectivity index (χ1v) is 5.01. The van der Waals surface area contributed by atoms with Gasteiger partial charge in [-0.15, -0.1) is 0 Å². The van der Waals surface area contributed by atoms with Gasteiger partial charge in [0.05, 0.1) is 13.2 Å². The largest absolute Gasteiger partial charge is 0.469 e. The summed E-state index contributed by atoms with van der Waals surface area (Å²) in [6, 6.07) is 1.00. The summed E-state index contributed by atoms with van der Waals surface area (Å²) in [5.74, 6) is -0.172. The van der Waals surface area contributed by atoms with Crippen LogP contribution in [-0.2, 0) is 4.74 Å². The predicted molar refractivity (Wildman–Crippen MR) is 59.7 cm³/mol. The maximum absolute atomic E-state index is 13.5. The molecule has 0 saturated carbocycles. The van der Waals surface area contributed by atoms with Crippen molar-refractivity contribution >= 4 is 0 Å². The topological polar surface area (TPSA) is 105 Å². The maximum atomic E-state index is 13.5. The standard InChI is InChI=1S/C10H13FN2O5/c1-6(4-14)18-9(7(11)5-15)13-3-2-8(16)12-10(13)17/h2-3,7,9,14-15H,1,4-5H2,(H,12,16,17)/t7?,9-/m1/s1. The number of aliphatic hydroxyl groups is 2. The minimum absolute atomic E-state index is 0.172. The third kappa shape index (κ3) is 3.28. The van der Waals surface area contributed by atoms with Gasteiger partial charge in [-0.25, -0.2) is 9.18 Å². The highest BCUT2D eigenvalue weighted by atomic mass is 19.1. The van der Waals surface area contributed by atoms with Gasteiger partial charge in [0.15, 0.2) is 6.17 Å². The Morgan fingerprint density at radius 1 is 1.56 bits per heavy atom. The molecule has 0 aliphatic heterocycles. The summed E-state index contributed by atoms with van der Waals surface area (Å²) >= 11 is 0. The molecule has 0 aromatic carbocycles. The Hall–Kier alpha value is -1.93. The number of ether oxygens (including phenoxy) is 1. The number of H-pyrrole nitrogens is 1.